The van der Waals surface area contributed by atoms with Crippen molar-refractivity contribution < 1.29 is 43.8 Å². The molecule has 0 heterocycles. The van der Waals surface area contributed by atoms with E-state index in [9.17, 15) is 34.2 Å². The Labute approximate surface area is 272 Å². The standard InChI is InChI=1S/C34H52N4O8/c1-5-22-35-32(45)34(24-39,25-40)33(46)36-23-11-10-14-28(38(2,3)4)29(41)15-12-13-26-18-20-27(21-19-26)37-30(42)16-8-6-7-9-17-31(43)44/h1,18-21,28,39-40H,6-17,22-25H2,2-4H3,(H3-,35,36,37,42,43,44,45,46)/p+1/t28-/m0/s1. The molecule has 0 unspecified atom stereocenters. The maximum Gasteiger partial charge on any atom is 0.303 e. The van der Waals surface area contributed by atoms with E-state index in [-0.39, 0.29) is 37.2 Å². The number of benzene rings is 1. The second kappa shape index (κ2) is 21.1. The van der Waals surface area contributed by atoms with Crippen LogP contribution in [-0.2, 0) is 30.4 Å². The monoisotopic (exact) mass is 645 g/mol. The Morgan fingerprint density at radius 2 is 1.43 bits per heavy atom. The number of carboxylic acids is 1. The fourth-order valence-electron chi connectivity index (χ4n) is 5.08. The first kappa shape index (κ1) is 40.2. The molecule has 0 aliphatic carbocycles. The molecule has 1 aromatic rings. The lowest BCUT2D eigenvalue weighted by atomic mass is 9.87. The van der Waals surface area contributed by atoms with E-state index in [1.807, 2.05) is 45.4 Å². The van der Waals surface area contributed by atoms with E-state index in [1.165, 1.54) is 0 Å². The molecule has 46 heavy (non-hydrogen) atoms. The highest BCUT2D eigenvalue weighted by atomic mass is 16.4. The van der Waals surface area contributed by atoms with Gasteiger partial charge in [-0.3, -0.25) is 24.0 Å². The van der Waals surface area contributed by atoms with Gasteiger partial charge in [-0.2, -0.15) is 0 Å². The zero-order chi connectivity index (χ0) is 34.6. The average Bonchev–Trinajstić information content (AvgIpc) is 3.00. The molecule has 3 amide bonds. The Morgan fingerprint density at radius 1 is 0.826 bits per heavy atom. The van der Waals surface area contributed by atoms with Crippen LogP contribution in [-0.4, -0.2) is 103 Å². The number of hydrogen-bond donors (Lipinski definition) is 6. The molecular weight excluding hydrogens is 592 g/mol. The summed E-state index contributed by atoms with van der Waals surface area (Å²) >= 11 is 0. The van der Waals surface area contributed by atoms with E-state index >= 15 is 0 Å². The van der Waals surface area contributed by atoms with Crippen LogP contribution in [0.3, 0.4) is 0 Å². The summed E-state index contributed by atoms with van der Waals surface area (Å²) in [6, 6.07) is 7.36. The fraction of sp³-hybridized carbons (Fsp3) is 0.618. The molecule has 0 radical (unpaired) electrons. The van der Waals surface area contributed by atoms with Gasteiger partial charge < -0.3 is 35.8 Å². The number of amides is 3. The normalized spacial score (nSPS) is 12.1. The van der Waals surface area contributed by atoms with E-state index < -0.39 is 36.4 Å². The first-order valence-corrected chi connectivity index (χ1v) is 16.0. The summed E-state index contributed by atoms with van der Waals surface area (Å²) in [5, 5.41) is 35.9. The predicted octanol–water partition coefficient (Wildman–Crippen LogP) is 2.02. The highest BCUT2D eigenvalue weighted by molar-refractivity contribution is 6.05. The van der Waals surface area contributed by atoms with Crippen molar-refractivity contribution in [2.24, 2.45) is 5.41 Å². The molecule has 6 N–H and O–H groups in total. The highest BCUT2D eigenvalue weighted by Crippen LogP contribution is 2.19. The Morgan fingerprint density at radius 3 is 2.00 bits per heavy atom. The summed E-state index contributed by atoms with van der Waals surface area (Å²) in [6.07, 6.45) is 12.3. The number of carbonyl (C=O) groups is 5. The number of nitrogens with zero attached hydrogens (tertiary/aromatic N) is 1. The molecular formula is C34H53N4O8+. The lowest BCUT2D eigenvalue weighted by Crippen LogP contribution is -2.56. The summed E-state index contributed by atoms with van der Waals surface area (Å²) in [7, 11) is 5.92. The van der Waals surface area contributed by atoms with Gasteiger partial charge in [0.25, 0.3) is 0 Å². The number of aliphatic carboxylic acids is 1. The van der Waals surface area contributed by atoms with E-state index in [0.717, 1.165) is 24.8 Å². The third-order valence-corrected chi connectivity index (χ3v) is 7.93. The van der Waals surface area contributed by atoms with Crippen molar-refractivity contribution >= 4 is 35.2 Å². The molecule has 256 valence electrons. The number of aliphatic hydroxyl groups excluding tert-OH is 2. The SMILES string of the molecule is C#CCNC(=O)C(CO)(CO)C(=O)NCCCC[C@@H](C(=O)CCCc1ccc(NC(=O)CCCCCCC(=O)O)cc1)[N+](C)(C)C. The van der Waals surface area contributed by atoms with Gasteiger partial charge in [-0.05, 0) is 56.2 Å². The number of likely N-dealkylation sites (N-methyl/N-ethyl adjacent to an activating group) is 1. The maximum absolute atomic E-state index is 13.2. The molecule has 1 aromatic carbocycles. The lowest BCUT2D eigenvalue weighted by molar-refractivity contribution is -0.886. The quantitative estimate of drug-likeness (QED) is 0.0427. The number of carbonyl (C=O) groups excluding carboxylic acids is 4. The molecule has 0 saturated carbocycles. The second-order valence-corrected chi connectivity index (χ2v) is 12.5. The Balaban J connectivity index is 2.47. The number of hydrogen-bond acceptors (Lipinski definition) is 7. The second-order valence-electron chi connectivity index (χ2n) is 12.5. The van der Waals surface area contributed by atoms with E-state index in [0.29, 0.717) is 61.5 Å². The van der Waals surface area contributed by atoms with Crippen LogP contribution in [0.5, 0.6) is 0 Å². The molecule has 1 rings (SSSR count). The number of unbranched alkanes of at least 4 members (excludes halogenated alkanes) is 4. The zero-order valence-electron chi connectivity index (χ0n) is 27.6. The number of anilines is 1. The van der Waals surface area contributed by atoms with E-state index in [2.05, 4.69) is 21.9 Å². The van der Waals surface area contributed by atoms with Crippen molar-refractivity contribution in [1.29, 1.82) is 0 Å². The zero-order valence-corrected chi connectivity index (χ0v) is 27.6. The third kappa shape index (κ3) is 14.5. The minimum Gasteiger partial charge on any atom is -0.481 e. The first-order chi connectivity index (χ1) is 21.8. The molecule has 0 saturated heterocycles. The van der Waals surface area contributed by atoms with Crippen LogP contribution in [0.15, 0.2) is 24.3 Å². The molecule has 0 aliphatic rings. The molecule has 0 bridgehead atoms. The molecule has 0 aromatic heterocycles. The Bertz CT molecular complexity index is 1170. The number of Topliss-reactive ketones (excluding diaryl/α,β-unsaturated/α-hetero) is 1. The van der Waals surface area contributed by atoms with Gasteiger partial charge in [0.2, 0.25) is 17.7 Å². The Kier molecular flexibility index (Phi) is 18.4. The van der Waals surface area contributed by atoms with Crippen LogP contribution in [0, 0.1) is 17.8 Å². The van der Waals surface area contributed by atoms with Gasteiger partial charge in [-0.1, -0.05) is 30.9 Å². The van der Waals surface area contributed by atoms with Crippen molar-refractivity contribution in [2.45, 2.75) is 83.1 Å². The number of nitrogens with one attached hydrogen (secondary N) is 3. The summed E-state index contributed by atoms with van der Waals surface area (Å²) < 4.78 is 0.468. The van der Waals surface area contributed by atoms with E-state index in [1.54, 1.807) is 0 Å². The van der Waals surface area contributed by atoms with Crippen LogP contribution < -0.4 is 16.0 Å². The summed E-state index contributed by atoms with van der Waals surface area (Å²) in [5.41, 5.74) is -0.252. The van der Waals surface area contributed by atoms with E-state index in [4.69, 9.17) is 11.5 Å². The van der Waals surface area contributed by atoms with Gasteiger partial charge >= 0.3 is 5.97 Å². The molecule has 12 heteroatoms. The van der Waals surface area contributed by atoms with Crippen LogP contribution >= 0.6 is 0 Å². The topological polar surface area (TPSA) is 182 Å². The van der Waals surface area contributed by atoms with Gasteiger partial charge in [0.15, 0.2) is 11.2 Å². The number of aliphatic hydroxyl groups is 2. The van der Waals surface area contributed by atoms with Crippen molar-refractivity contribution in [3.05, 3.63) is 29.8 Å². The fourth-order valence-corrected chi connectivity index (χ4v) is 5.08. The number of aryl methyl sites for hydroxylation is 1. The maximum atomic E-state index is 13.2. The number of terminal acetylenes is 1. The van der Waals surface area contributed by atoms with Crippen LogP contribution in [0.4, 0.5) is 5.69 Å². The summed E-state index contributed by atoms with van der Waals surface area (Å²) in [4.78, 5) is 60.9. The van der Waals surface area contributed by atoms with Crippen molar-refractivity contribution in [3.63, 3.8) is 0 Å². The minimum atomic E-state index is -2.03. The number of carboxylic acid groups (broad SMARTS) is 1. The van der Waals surface area contributed by atoms with Crippen LogP contribution in [0.25, 0.3) is 0 Å². The molecule has 12 nitrogen and oxygen atoms in total. The van der Waals surface area contributed by atoms with Gasteiger partial charge in [0, 0.05) is 37.9 Å². The molecule has 0 aliphatic heterocycles. The molecule has 1 atom stereocenters. The van der Waals surface area contributed by atoms with Gasteiger partial charge in [-0.25, -0.2) is 0 Å². The largest absolute Gasteiger partial charge is 0.481 e. The van der Waals surface area contributed by atoms with Crippen molar-refractivity contribution in [1.82, 2.24) is 10.6 Å². The lowest BCUT2D eigenvalue weighted by Gasteiger charge is -2.33. The third-order valence-electron chi connectivity index (χ3n) is 7.93. The smallest absolute Gasteiger partial charge is 0.303 e. The Hall–Kier alpha value is -3.79. The predicted molar refractivity (Wildman–Crippen MR) is 175 cm³/mol. The van der Waals surface area contributed by atoms with Crippen LogP contribution in [0.1, 0.15) is 76.2 Å². The summed E-state index contributed by atoms with van der Waals surface area (Å²) in [5.74, 6) is -0.134. The number of quaternary nitrogens is 1. The van der Waals surface area contributed by atoms with Crippen LogP contribution in [0.2, 0.25) is 0 Å². The van der Waals surface area contributed by atoms with Crippen molar-refractivity contribution in [3.8, 4) is 12.3 Å². The first-order valence-electron chi connectivity index (χ1n) is 16.0. The highest BCUT2D eigenvalue weighted by Gasteiger charge is 2.45. The van der Waals surface area contributed by atoms with Gasteiger partial charge in [0.05, 0.1) is 40.9 Å². The molecule has 0 fully saturated rings. The van der Waals surface area contributed by atoms with Gasteiger partial charge in [-0.15, -0.1) is 6.42 Å². The minimum absolute atomic E-state index is 0.0720. The van der Waals surface area contributed by atoms with Crippen molar-refractivity contribution in [2.75, 3.05) is 52.8 Å². The summed E-state index contributed by atoms with van der Waals surface area (Å²) in [6.45, 7) is -1.66. The average molecular weight is 646 g/mol. The number of ketones is 1. The molecule has 0 spiro atoms. The van der Waals surface area contributed by atoms with Gasteiger partial charge in [0.1, 0.15) is 6.04 Å². The number of rotatable bonds is 24.